The van der Waals surface area contributed by atoms with Gasteiger partial charge in [-0.05, 0) is 12.8 Å². The van der Waals surface area contributed by atoms with Crippen LogP contribution < -0.4 is 5.73 Å². The van der Waals surface area contributed by atoms with Crippen molar-refractivity contribution in [3.8, 4) is 0 Å². The normalized spacial score (nSPS) is 21.1. The van der Waals surface area contributed by atoms with Crippen LogP contribution in [0, 0.1) is 0 Å². The molecule has 1 aromatic heterocycles. The zero-order chi connectivity index (χ0) is 14.7. The molecule has 0 atom stereocenters. The molecule has 6 heteroatoms. The summed E-state index contributed by atoms with van der Waals surface area (Å²) >= 11 is 0. The molecule has 0 radical (unpaired) electrons. The molecule has 1 saturated heterocycles. The number of amides is 1. The maximum absolute atomic E-state index is 12.4. The third-order valence-corrected chi connectivity index (χ3v) is 4.68. The van der Waals surface area contributed by atoms with Crippen LogP contribution in [-0.4, -0.2) is 64.0 Å². The standard InChI is InChI=1S/C15H25N5O/c16-5-6-18-11-14(17-12-18)15(21)20-9-7-19(8-10-20)13-3-1-2-4-13/h11-13H,1-10,16H2. The Morgan fingerprint density at radius 1 is 1.24 bits per heavy atom. The summed E-state index contributed by atoms with van der Waals surface area (Å²) in [5.41, 5.74) is 6.05. The summed E-state index contributed by atoms with van der Waals surface area (Å²) in [6.45, 7) is 4.90. The van der Waals surface area contributed by atoms with Crippen LogP contribution in [-0.2, 0) is 6.54 Å². The van der Waals surface area contributed by atoms with Crippen LogP contribution in [0.25, 0.3) is 0 Å². The van der Waals surface area contributed by atoms with Crippen molar-refractivity contribution in [2.45, 2.75) is 38.3 Å². The second-order valence-corrected chi connectivity index (χ2v) is 6.05. The molecule has 1 saturated carbocycles. The fourth-order valence-electron chi connectivity index (χ4n) is 3.46. The average Bonchev–Trinajstić information content (AvgIpc) is 3.19. The van der Waals surface area contributed by atoms with Gasteiger partial charge in [-0.2, -0.15) is 0 Å². The van der Waals surface area contributed by atoms with Gasteiger partial charge in [-0.15, -0.1) is 0 Å². The first-order valence-corrected chi connectivity index (χ1v) is 8.03. The molecule has 116 valence electrons. The van der Waals surface area contributed by atoms with Crippen LogP contribution in [0.5, 0.6) is 0 Å². The molecule has 3 rings (SSSR count). The zero-order valence-corrected chi connectivity index (χ0v) is 12.6. The molecular formula is C15H25N5O. The van der Waals surface area contributed by atoms with E-state index < -0.39 is 0 Å². The van der Waals surface area contributed by atoms with E-state index >= 15 is 0 Å². The zero-order valence-electron chi connectivity index (χ0n) is 12.6. The number of piperazine rings is 1. The Morgan fingerprint density at radius 2 is 1.95 bits per heavy atom. The van der Waals surface area contributed by atoms with Crippen molar-refractivity contribution in [1.29, 1.82) is 0 Å². The first-order chi connectivity index (χ1) is 10.3. The lowest BCUT2D eigenvalue weighted by Gasteiger charge is -2.37. The van der Waals surface area contributed by atoms with Gasteiger partial charge in [0.15, 0.2) is 0 Å². The molecule has 1 aromatic rings. The molecule has 0 bridgehead atoms. The SMILES string of the molecule is NCCn1cnc(C(=O)N2CCN(C3CCCC3)CC2)c1. The molecule has 1 aliphatic carbocycles. The highest BCUT2D eigenvalue weighted by Crippen LogP contribution is 2.24. The van der Waals surface area contributed by atoms with E-state index in [0.717, 1.165) is 32.2 Å². The summed E-state index contributed by atoms with van der Waals surface area (Å²) < 4.78 is 1.88. The maximum Gasteiger partial charge on any atom is 0.274 e. The van der Waals surface area contributed by atoms with Crippen LogP contribution in [0.2, 0.25) is 0 Å². The average molecular weight is 291 g/mol. The van der Waals surface area contributed by atoms with Gasteiger partial charge in [0.2, 0.25) is 0 Å². The van der Waals surface area contributed by atoms with Crippen molar-refractivity contribution >= 4 is 5.91 Å². The maximum atomic E-state index is 12.4. The topological polar surface area (TPSA) is 67.4 Å². The van der Waals surface area contributed by atoms with Gasteiger partial charge in [0.25, 0.3) is 5.91 Å². The fourth-order valence-corrected chi connectivity index (χ4v) is 3.46. The summed E-state index contributed by atoms with van der Waals surface area (Å²) in [4.78, 5) is 21.1. The lowest BCUT2D eigenvalue weighted by molar-refractivity contribution is 0.0568. The lowest BCUT2D eigenvalue weighted by atomic mass is 10.2. The van der Waals surface area contributed by atoms with Gasteiger partial charge in [-0.1, -0.05) is 12.8 Å². The van der Waals surface area contributed by atoms with E-state index in [4.69, 9.17) is 5.73 Å². The molecule has 2 fully saturated rings. The minimum absolute atomic E-state index is 0.0526. The molecule has 21 heavy (non-hydrogen) atoms. The summed E-state index contributed by atoms with van der Waals surface area (Å²) in [5.74, 6) is 0.0526. The van der Waals surface area contributed by atoms with Crippen molar-refractivity contribution in [3.63, 3.8) is 0 Å². The van der Waals surface area contributed by atoms with Gasteiger partial charge in [-0.3, -0.25) is 9.69 Å². The third-order valence-electron chi connectivity index (χ3n) is 4.68. The Labute approximate surface area is 125 Å². The Morgan fingerprint density at radius 3 is 2.62 bits per heavy atom. The largest absolute Gasteiger partial charge is 0.335 e. The summed E-state index contributed by atoms with van der Waals surface area (Å²) in [7, 11) is 0. The van der Waals surface area contributed by atoms with Gasteiger partial charge in [0, 0.05) is 51.5 Å². The second-order valence-electron chi connectivity index (χ2n) is 6.05. The van der Waals surface area contributed by atoms with E-state index in [-0.39, 0.29) is 5.91 Å². The highest BCUT2D eigenvalue weighted by molar-refractivity contribution is 5.92. The number of imidazole rings is 1. The summed E-state index contributed by atoms with van der Waals surface area (Å²) in [6.07, 6.45) is 8.88. The van der Waals surface area contributed by atoms with Crippen molar-refractivity contribution in [3.05, 3.63) is 18.2 Å². The van der Waals surface area contributed by atoms with Crippen LogP contribution in [0.1, 0.15) is 36.2 Å². The highest BCUT2D eigenvalue weighted by atomic mass is 16.2. The number of carbonyl (C=O) groups excluding carboxylic acids is 1. The van der Waals surface area contributed by atoms with E-state index in [2.05, 4.69) is 9.88 Å². The van der Waals surface area contributed by atoms with Gasteiger partial charge in [0.05, 0.1) is 6.33 Å². The fraction of sp³-hybridized carbons (Fsp3) is 0.733. The Balaban J connectivity index is 1.54. The monoisotopic (exact) mass is 291 g/mol. The van der Waals surface area contributed by atoms with Gasteiger partial charge < -0.3 is 15.2 Å². The number of nitrogens with zero attached hydrogens (tertiary/aromatic N) is 4. The first kappa shape index (κ1) is 14.5. The summed E-state index contributed by atoms with van der Waals surface area (Å²) in [6, 6.07) is 0.756. The van der Waals surface area contributed by atoms with E-state index in [1.807, 2.05) is 9.47 Å². The smallest absolute Gasteiger partial charge is 0.274 e. The minimum atomic E-state index is 0.0526. The predicted molar refractivity (Wildman–Crippen MR) is 81.0 cm³/mol. The molecular weight excluding hydrogens is 266 g/mol. The number of hydrogen-bond acceptors (Lipinski definition) is 4. The lowest BCUT2D eigenvalue weighted by Crippen LogP contribution is -2.51. The Kier molecular flexibility index (Phi) is 4.55. The van der Waals surface area contributed by atoms with Crippen LogP contribution in [0.4, 0.5) is 0 Å². The van der Waals surface area contributed by atoms with Crippen molar-refractivity contribution < 1.29 is 4.79 Å². The van der Waals surface area contributed by atoms with Crippen LogP contribution >= 0.6 is 0 Å². The van der Waals surface area contributed by atoms with Gasteiger partial charge in [0.1, 0.15) is 5.69 Å². The van der Waals surface area contributed by atoms with Gasteiger partial charge in [-0.25, -0.2) is 4.98 Å². The molecule has 2 heterocycles. The number of nitrogens with two attached hydrogens (primary N) is 1. The predicted octanol–water partition coefficient (Wildman–Crippen LogP) is 0.542. The Hall–Kier alpha value is -1.40. The molecule has 0 unspecified atom stereocenters. The van der Waals surface area contributed by atoms with Crippen molar-refractivity contribution in [2.75, 3.05) is 32.7 Å². The second kappa shape index (κ2) is 6.58. The molecule has 1 amide bonds. The molecule has 1 aliphatic heterocycles. The third kappa shape index (κ3) is 3.27. The molecule has 0 spiro atoms. The number of aromatic nitrogens is 2. The molecule has 2 N–H and O–H groups in total. The van der Waals surface area contributed by atoms with E-state index in [9.17, 15) is 4.79 Å². The van der Waals surface area contributed by atoms with Gasteiger partial charge >= 0.3 is 0 Å². The molecule has 6 nitrogen and oxygen atoms in total. The number of carbonyl (C=O) groups is 1. The van der Waals surface area contributed by atoms with Crippen molar-refractivity contribution in [1.82, 2.24) is 19.4 Å². The summed E-state index contributed by atoms with van der Waals surface area (Å²) in [5, 5.41) is 0. The molecule has 2 aliphatic rings. The quantitative estimate of drug-likeness (QED) is 0.879. The van der Waals surface area contributed by atoms with E-state index in [1.165, 1.54) is 25.7 Å². The number of hydrogen-bond donors (Lipinski definition) is 1. The highest BCUT2D eigenvalue weighted by Gasteiger charge is 2.28. The number of rotatable bonds is 4. The first-order valence-electron chi connectivity index (χ1n) is 8.03. The van der Waals surface area contributed by atoms with Crippen LogP contribution in [0.15, 0.2) is 12.5 Å². The van der Waals surface area contributed by atoms with E-state index in [0.29, 0.717) is 18.8 Å². The minimum Gasteiger partial charge on any atom is -0.335 e. The Bertz CT molecular complexity index is 472. The van der Waals surface area contributed by atoms with Crippen LogP contribution in [0.3, 0.4) is 0 Å². The van der Waals surface area contributed by atoms with E-state index in [1.54, 1.807) is 12.5 Å². The molecule has 0 aromatic carbocycles. The van der Waals surface area contributed by atoms with Crippen molar-refractivity contribution in [2.24, 2.45) is 5.73 Å².